The molecule has 0 aliphatic heterocycles. The number of nitrogens with one attached hydrogen (secondary N) is 1. The smallest absolute Gasteiger partial charge is 0.142 e. The Hall–Kier alpha value is -1.44. The standard InChI is InChI=1S/C15H21NO/c1-3-4-5-6-8-12-11-16-15-13(12)9-7-10-14(15)17-2/h7,9-11,16H,3-6,8H2,1-2H3. The zero-order chi connectivity index (χ0) is 12.1. The molecule has 0 atom stereocenters. The lowest BCUT2D eigenvalue weighted by Crippen LogP contribution is -1.85. The third-order valence-corrected chi connectivity index (χ3v) is 3.28. The van der Waals surface area contributed by atoms with Crippen LogP contribution in [0.2, 0.25) is 0 Å². The van der Waals surface area contributed by atoms with Crippen LogP contribution in [0, 0.1) is 0 Å². The van der Waals surface area contributed by atoms with Crippen molar-refractivity contribution in [1.29, 1.82) is 0 Å². The monoisotopic (exact) mass is 231 g/mol. The number of hydrogen-bond acceptors (Lipinski definition) is 1. The lowest BCUT2D eigenvalue weighted by Gasteiger charge is -2.02. The summed E-state index contributed by atoms with van der Waals surface area (Å²) < 4.78 is 5.35. The highest BCUT2D eigenvalue weighted by Crippen LogP contribution is 2.27. The zero-order valence-corrected chi connectivity index (χ0v) is 10.8. The van der Waals surface area contributed by atoms with E-state index in [1.807, 2.05) is 6.07 Å². The van der Waals surface area contributed by atoms with E-state index >= 15 is 0 Å². The largest absolute Gasteiger partial charge is 0.495 e. The number of rotatable bonds is 6. The van der Waals surface area contributed by atoms with Crippen LogP contribution in [-0.2, 0) is 6.42 Å². The van der Waals surface area contributed by atoms with Gasteiger partial charge in [-0.05, 0) is 24.5 Å². The summed E-state index contributed by atoms with van der Waals surface area (Å²) in [5.74, 6) is 0.933. The highest BCUT2D eigenvalue weighted by Gasteiger charge is 2.06. The molecule has 0 saturated carbocycles. The molecule has 2 rings (SSSR count). The average molecular weight is 231 g/mol. The second-order valence-corrected chi connectivity index (χ2v) is 4.51. The number of hydrogen-bond donors (Lipinski definition) is 1. The van der Waals surface area contributed by atoms with E-state index in [2.05, 4.69) is 30.2 Å². The number of aromatic nitrogens is 1. The molecule has 1 aromatic carbocycles. The fourth-order valence-electron chi connectivity index (χ4n) is 2.30. The van der Waals surface area contributed by atoms with Gasteiger partial charge in [0.05, 0.1) is 12.6 Å². The molecule has 2 heteroatoms. The van der Waals surface area contributed by atoms with Gasteiger partial charge in [-0.15, -0.1) is 0 Å². The van der Waals surface area contributed by atoms with Gasteiger partial charge in [-0.1, -0.05) is 38.3 Å². The van der Waals surface area contributed by atoms with Crippen LogP contribution >= 0.6 is 0 Å². The summed E-state index contributed by atoms with van der Waals surface area (Å²) in [4.78, 5) is 3.32. The van der Waals surface area contributed by atoms with Gasteiger partial charge in [0.25, 0.3) is 0 Å². The van der Waals surface area contributed by atoms with Crippen molar-refractivity contribution in [3.8, 4) is 5.75 Å². The summed E-state index contributed by atoms with van der Waals surface area (Å²) in [7, 11) is 1.72. The molecule has 0 aliphatic rings. The van der Waals surface area contributed by atoms with Crippen molar-refractivity contribution in [2.45, 2.75) is 39.0 Å². The molecule has 0 fully saturated rings. The van der Waals surface area contributed by atoms with Gasteiger partial charge in [-0.25, -0.2) is 0 Å². The van der Waals surface area contributed by atoms with E-state index in [1.165, 1.54) is 36.6 Å². The zero-order valence-electron chi connectivity index (χ0n) is 10.8. The Bertz CT molecular complexity index is 473. The molecule has 17 heavy (non-hydrogen) atoms. The van der Waals surface area contributed by atoms with Crippen molar-refractivity contribution in [1.82, 2.24) is 4.98 Å². The number of H-pyrrole nitrogens is 1. The normalized spacial score (nSPS) is 10.9. The van der Waals surface area contributed by atoms with Crippen LogP contribution < -0.4 is 4.74 Å². The molecule has 0 bridgehead atoms. The molecule has 92 valence electrons. The van der Waals surface area contributed by atoms with Gasteiger partial charge in [-0.3, -0.25) is 0 Å². The number of aryl methyl sites for hydroxylation is 1. The lowest BCUT2D eigenvalue weighted by atomic mass is 10.1. The van der Waals surface area contributed by atoms with Crippen LogP contribution in [0.1, 0.15) is 38.2 Å². The van der Waals surface area contributed by atoms with Crippen LogP contribution in [0.3, 0.4) is 0 Å². The molecule has 1 N–H and O–H groups in total. The van der Waals surface area contributed by atoms with E-state index in [4.69, 9.17) is 4.74 Å². The van der Waals surface area contributed by atoms with Gasteiger partial charge in [0, 0.05) is 11.6 Å². The van der Waals surface area contributed by atoms with Crippen LogP contribution in [0.5, 0.6) is 5.75 Å². The number of benzene rings is 1. The Morgan fingerprint density at radius 3 is 2.82 bits per heavy atom. The number of ether oxygens (including phenoxy) is 1. The Balaban J connectivity index is 2.13. The molecule has 1 aromatic heterocycles. The van der Waals surface area contributed by atoms with Crippen molar-refractivity contribution in [2.24, 2.45) is 0 Å². The minimum Gasteiger partial charge on any atom is -0.495 e. The van der Waals surface area contributed by atoms with E-state index in [1.54, 1.807) is 7.11 Å². The van der Waals surface area contributed by atoms with Crippen LogP contribution in [0.15, 0.2) is 24.4 Å². The van der Waals surface area contributed by atoms with Crippen LogP contribution in [0.4, 0.5) is 0 Å². The fraction of sp³-hybridized carbons (Fsp3) is 0.467. The lowest BCUT2D eigenvalue weighted by molar-refractivity contribution is 0.419. The van der Waals surface area contributed by atoms with Gasteiger partial charge in [0.1, 0.15) is 5.75 Å². The molecule has 0 aliphatic carbocycles. The van der Waals surface area contributed by atoms with Crippen LogP contribution in [0.25, 0.3) is 10.9 Å². The summed E-state index contributed by atoms with van der Waals surface area (Å²) >= 11 is 0. The first-order valence-corrected chi connectivity index (χ1v) is 6.49. The van der Waals surface area contributed by atoms with E-state index in [9.17, 15) is 0 Å². The van der Waals surface area contributed by atoms with Crippen molar-refractivity contribution >= 4 is 10.9 Å². The molecular weight excluding hydrogens is 210 g/mol. The van der Waals surface area contributed by atoms with Crippen molar-refractivity contribution in [3.63, 3.8) is 0 Å². The minimum absolute atomic E-state index is 0.933. The number of fused-ring (bicyclic) bond motifs is 1. The van der Waals surface area contributed by atoms with Crippen molar-refractivity contribution < 1.29 is 4.74 Å². The molecule has 0 saturated heterocycles. The number of aromatic amines is 1. The molecule has 0 radical (unpaired) electrons. The molecule has 0 spiro atoms. The van der Waals surface area contributed by atoms with Gasteiger partial charge in [0.2, 0.25) is 0 Å². The van der Waals surface area contributed by atoms with Gasteiger partial charge in [-0.2, -0.15) is 0 Å². The van der Waals surface area contributed by atoms with Crippen LogP contribution in [-0.4, -0.2) is 12.1 Å². The molecule has 0 unspecified atom stereocenters. The number of para-hydroxylation sites is 1. The predicted octanol–water partition coefficient (Wildman–Crippen LogP) is 4.30. The second kappa shape index (κ2) is 5.76. The Labute approximate surface area is 103 Å². The molecule has 0 amide bonds. The fourth-order valence-corrected chi connectivity index (χ4v) is 2.30. The Morgan fingerprint density at radius 2 is 2.06 bits per heavy atom. The highest BCUT2D eigenvalue weighted by molar-refractivity contribution is 5.88. The predicted molar refractivity (Wildman–Crippen MR) is 72.7 cm³/mol. The third kappa shape index (κ3) is 2.63. The summed E-state index contributed by atoms with van der Waals surface area (Å²) in [6, 6.07) is 6.23. The van der Waals surface area contributed by atoms with E-state index in [0.29, 0.717) is 0 Å². The van der Waals surface area contributed by atoms with Gasteiger partial charge in [0.15, 0.2) is 0 Å². The first-order valence-electron chi connectivity index (χ1n) is 6.49. The summed E-state index contributed by atoms with van der Waals surface area (Å²) in [5.41, 5.74) is 2.54. The average Bonchev–Trinajstić information content (AvgIpc) is 2.78. The van der Waals surface area contributed by atoms with E-state index in [-0.39, 0.29) is 0 Å². The summed E-state index contributed by atoms with van der Waals surface area (Å²) in [6.45, 7) is 2.25. The topological polar surface area (TPSA) is 25.0 Å². The van der Waals surface area contributed by atoms with Crippen molar-refractivity contribution in [2.75, 3.05) is 7.11 Å². The van der Waals surface area contributed by atoms with E-state index in [0.717, 1.165) is 17.7 Å². The molecular formula is C15H21NO. The van der Waals surface area contributed by atoms with Gasteiger partial charge >= 0.3 is 0 Å². The SMILES string of the molecule is CCCCCCc1c[nH]c2c(OC)cccc12. The summed E-state index contributed by atoms with van der Waals surface area (Å²) in [6.07, 6.45) is 8.52. The highest BCUT2D eigenvalue weighted by atomic mass is 16.5. The number of methoxy groups -OCH3 is 1. The van der Waals surface area contributed by atoms with Crippen molar-refractivity contribution in [3.05, 3.63) is 30.0 Å². The first-order chi connectivity index (χ1) is 8.36. The van der Waals surface area contributed by atoms with Gasteiger partial charge < -0.3 is 9.72 Å². The first kappa shape index (κ1) is 12.0. The Morgan fingerprint density at radius 1 is 1.18 bits per heavy atom. The van der Waals surface area contributed by atoms with E-state index < -0.39 is 0 Å². The second-order valence-electron chi connectivity index (χ2n) is 4.51. The maximum absolute atomic E-state index is 5.35. The third-order valence-electron chi connectivity index (χ3n) is 3.28. The molecule has 2 nitrogen and oxygen atoms in total. The summed E-state index contributed by atoms with van der Waals surface area (Å²) in [5, 5.41) is 1.31. The molecule has 1 heterocycles. The quantitative estimate of drug-likeness (QED) is 0.737. The maximum atomic E-state index is 5.35. The minimum atomic E-state index is 0.933. The molecule has 2 aromatic rings. The number of unbranched alkanes of at least 4 members (excludes halogenated alkanes) is 3. The maximum Gasteiger partial charge on any atom is 0.142 e. The Kier molecular flexibility index (Phi) is 4.08.